The molecule has 15 heteroatoms. The number of hydrogen-bond acceptors (Lipinski definition) is 12. The molecule has 1 saturated heterocycles. The van der Waals surface area contributed by atoms with Gasteiger partial charge in [-0.1, -0.05) is 30.2 Å². The Kier molecular flexibility index (Phi) is 9.65. The van der Waals surface area contributed by atoms with Crippen LogP contribution in [0.4, 0.5) is 4.79 Å². The fourth-order valence-corrected chi connectivity index (χ4v) is 7.19. The Morgan fingerprint density at radius 3 is 2.73 bits per heavy atom. The maximum Gasteiger partial charge on any atom is 0.408 e. The number of thiophene rings is 1. The summed E-state index contributed by atoms with van der Waals surface area (Å²) in [6.07, 6.45) is 6.61. The minimum Gasteiger partial charge on any atom is -0.471 e. The number of rotatable bonds is 5. The number of methoxy groups -OCH3 is 1. The SMILES string of the molecule is COC(=O)[C@@]12C[C@H]1/C=C\CCCCC[C@H](NC(=O)OC(C)(C)C)C(=O)N1C[C@H](Oc3nc(-c4cc(C)on4)nc4ccsc34)C[C@H]1C(=O)N2. The van der Waals surface area contributed by atoms with E-state index in [1.54, 1.807) is 33.8 Å². The van der Waals surface area contributed by atoms with Crippen LogP contribution in [0.2, 0.25) is 0 Å². The number of amides is 3. The highest BCUT2D eigenvalue weighted by molar-refractivity contribution is 7.17. The molecule has 0 spiro atoms. The number of fused-ring (bicyclic) bond motifs is 3. The first-order valence-corrected chi connectivity index (χ1v) is 17.5. The molecular weight excluding hydrogens is 652 g/mol. The number of esters is 1. The molecule has 3 aromatic rings. The number of alkyl carbamates (subject to hydrolysis) is 1. The van der Waals surface area contributed by atoms with Crippen molar-refractivity contribution in [3.8, 4) is 17.4 Å². The number of carbonyl (C=O) groups excluding carboxylic acids is 4. The summed E-state index contributed by atoms with van der Waals surface area (Å²) in [4.78, 5) is 65.1. The van der Waals surface area contributed by atoms with Gasteiger partial charge in [-0.05, 0) is 64.8 Å². The summed E-state index contributed by atoms with van der Waals surface area (Å²) < 4.78 is 23.0. The van der Waals surface area contributed by atoms with Gasteiger partial charge in [0.1, 0.15) is 39.8 Å². The number of aryl methyl sites for hydroxylation is 1. The normalized spacial score (nSPS) is 26.8. The molecule has 0 unspecified atom stereocenters. The van der Waals surface area contributed by atoms with Crippen LogP contribution in [0, 0.1) is 12.8 Å². The van der Waals surface area contributed by atoms with E-state index in [0.717, 1.165) is 19.3 Å². The number of nitrogens with zero attached hydrogens (tertiary/aromatic N) is 4. The fourth-order valence-electron chi connectivity index (χ4n) is 6.43. The van der Waals surface area contributed by atoms with Crippen molar-refractivity contribution in [3.05, 3.63) is 35.4 Å². The lowest BCUT2D eigenvalue weighted by molar-refractivity contribution is -0.148. The summed E-state index contributed by atoms with van der Waals surface area (Å²) in [6, 6.07) is 1.62. The molecular formula is C34H42N6O8S. The number of allylic oxidation sites excluding steroid dienone is 1. The van der Waals surface area contributed by atoms with E-state index in [4.69, 9.17) is 18.7 Å². The smallest absolute Gasteiger partial charge is 0.408 e. The van der Waals surface area contributed by atoms with Crippen molar-refractivity contribution in [1.29, 1.82) is 0 Å². The van der Waals surface area contributed by atoms with Crippen molar-refractivity contribution in [1.82, 2.24) is 30.7 Å². The Labute approximate surface area is 287 Å². The second-order valence-corrected chi connectivity index (χ2v) is 14.7. The Morgan fingerprint density at radius 1 is 1.18 bits per heavy atom. The standard InChI is InChI=1S/C34H42N6O8S/c1-19-15-24(39-48-19)27-35-22-13-14-49-26(22)29(37-27)46-21-16-25-28(41)38-34(31(43)45-5)17-20(34)11-9-7-6-8-10-12-23(30(42)40(25)18-21)36-32(44)47-33(2,3)4/h9,11,13-15,20-21,23,25H,6-8,10,12,16-18H2,1-5H3,(H,36,44)(H,38,41)/b11-9-/t20-,21-,23+,25+,34-/m1/s1. The third-order valence-electron chi connectivity index (χ3n) is 8.89. The van der Waals surface area contributed by atoms with Crippen LogP contribution in [0.3, 0.4) is 0 Å². The summed E-state index contributed by atoms with van der Waals surface area (Å²) in [5, 5.41) is 11.6. The molecule has 0 bridgehead atoms. The molecule has 14 nitrogen and oxygen atoms in total. The number of carbonyl (C=O) groups is 4. The zero-order chi connectivity index (χ0) is 34.9. The third-order valence-corrected chi connectivity index (χ3v) is 9.78. The highest BCUT2D eigenvalue weighted by Gasteiger charge is 2.62. The predicted molar refractivity (Wildman–Crippen MR) is 179 cm³/mol. The minimum absolute atomic E-state index is 0.0350. The van der Waals surface area contributed by atoms with Gasteiger partial charge in [-0.3, -0.25) is 9.59 Å². The molecule has 0 radical (unpaired) electrons. The summed E-state index contributed by atoms with van der Waals surface area (Å²) in [5.41, 5.74) is -0.890. The monoisotopic (exact) mass is 694 g/mol. The molecule has 5 atom stereocenters. The van der Waals surface area contributed by atoms with Gasteiger partial charge in [0, 0.05) is 18.4 Å². The maximum atomic E-state index is 14.4. The highest BCUT2D eigenvalue weighted by atomic mass is 32.1. The average Bonchev–Trinajstić information content (AvgIpc) is 3.44. The van der Waals surface area contributed by atoms with Gasteiger partial charge < -0.3 is 34.3 Å². The first-order valence-electron chi connectivity index (χ1n) is 16.6. The van der Waals surface area contributed by atoms with Crippen molar-refractivity contribution in [2.75, 3.05) is 13.7 Å². The first-order chi connectivity index (χ1) is 23.4. The van der Waals surface area contributed by atoms with E-state index < -0.39 is 53.2 Å². The van der Waals surface area contributed by atoms with Crippen molar-refractivity contribution in [2.24, 2.45) is 5.92 Å². The Bertz CT molecular complexity index is 1760. The summed E-state index contributed by atoms with van der Waals surface area (Å²) in [7, 11) is 1.29. The predicted octanol–water partition coefficient (Wildman–Crippen LogP) is 4.46. The molecule has 2 aliphatic heterocycles. The molecule has 5 heterocycles. The zero-order valence-corrected chi connectivity index (χ0v) is 29.1. The van der Waals surface area contributed by atoms with Crippen molar-refractivity contribution >= 4 is 45.4 Å². The summed E-state index contributed by atoms with van der Waals surface area (Å²) in [5.74, 6) is -0.498. The Hall–Kier alpha value is -4.53. The second-order valence-electron chi connectivity index (χ2n) is 13.8. The molecule has 262 valence electrons. The van der Waals surface area contributed by atoms with Gasteiger partial charge in [-0.2, -0.15) is 4.98 Å². The lowest BCUT2D eigenvalue weighted by Crippen LogP contribution is -2.56. The summed E-state index contributed by atoms with van der Waals surface area (Å²) in [6.45, 7) is 7.05. The number of hydrogen-bond donors (Lipinski definition) is 2. The molecule has 3 aromatic heterocycles. The van der Waals surface area contributed by atoms with Crippen molar-refractivity contribution in [3.63, 3.8) is 0 Å². The van der Waals surface area contributed by atoms with E-state index in [2.05, 4.69) is 25.8 Å². The molecule has 6 rings (SSSR count). The lowest BCUT2D eigenvalue weighted by atomic mass is 10.0. The van der Waals surface area contributed by atoms with E-state index in [0.29, 0.717) is 46.8 Å². The van der Waals surface area contributed by atoms with Gasteiger partial charge in [0.15, 0.2) is 11.5 Å². The fraction of sp³-hybridized carbons (Fsp3) is 0.559. The van der Waals surface area contributed by atoms with Gasteiger partial charge in [-0.15, -0.1) is 11.3 Å². The second kappa shape index (κ2) is 13.8. The molecule has 49 heavy (non-hydrogen) atoms. The van der Waals surface area contributed by atoms with Crippen molar-refractivity contribution in [2.45, 2.75) is 102 Å². The van der Waals surface area contributed by atoms with Crippen LogP contribution < -0.4 is 15.4 Å². The van der Waals surface area contributed by atoms with E-state index >= 15 is 0 Å². The quantitative estimate of drug-likeness (QED) is 0.285. The van der Waals surface area contributed by atoms with Crippen LogP contribution >= 0.6 is 11.3 Å². The molecule has 2 N–H and O–H groups in total. The maximum absolute atomic E-state index is 14.4. The topological polar surface area (TPSA) is 175 Å². The molecule has 2 fully saturated rings. The van der Waals surface area contributed by atoms with Gasteiger partial charge in [0.05, 0.1) is 19.2 Å². The van der Waals surface area contributed by atoms with E-state index in [-0.39, 0.29) is 24.8 Å². The lowest BCUT2D eigenvalue weighted by Gasteiger charge is -2.30. The zero-order valence-electron chi connectivity index (χ0n) is 28.3. The van der Waals surface area contributed by atoms with E-state index in [1.165, 1.54) is 23.3 Å². The highest BCUT2D eigenvalue weighted by Crippen LogP contribution is 2.46. The number of aromatic nitrogens is 3. The van der Waals surface area contributed by atoms with Crippen LogP contribution in [-0.4, -0.2) is 86.9 Å². The Balaban J connectivity index is 1.32. The third kappa shape index (κ3) is 7.56. The number of nitrogens with one attached hydrogen (secondary N) is 2. The van der Waals surface area contributed by atoms with Crippen LogP contribution in [0.1, 0.15) is 71.5 Å². The average molecular weight is 695 g/mol. The first kappa shape index (κ1) is 34.3. The van der Waals surface area contributed by atoms with E-state index in [9.17, 15) is 19.2 Å². The number of ether oxygens (including phenoxy) is 3. The van der Waals surface area contributed by atoms with Gasteiger partial charge >= 0.3 is 12.1 Å². The van der Waals surface area contributed by atoms with Gasteiger partial charge in [0.2, 0.25) is 17.7 Å². The minimum atomic E-state index is -1.22. The van der Waals surface area contributed by atoms with Gasteiger partial charge in [-0.25, -0.2) is 14.6 Å². The van der Waals surface area contributed by atoms with Crippen LogP contribution in [-0.2, 0) is 23.9 Å². The van der Waals surface area contributed by atoms with Crippen molar-refractivity contribution < 1.29 is 37.9 Å². The van der Waals surface area contributed by atoms with Crippen LogP contribution in [0.15, 0.2) is 34.2 Å². The van der Waals surface area contributed by atoms with E-state index in [1.807, 2.05) is 23.6 Å². The van der Waals surface area contributed by atoms with Gasteiger partial charge in [0.25, 0.3) is 0 Å². The van der Waals surface area contributed by atoms with Crippen LogP contribution in [0.5, 0.6) is 5.88 Å². The molecule has 0 aromatic carbocycles. The molecule has 1 aliphatic carbocycles. The summed E-state index contributed by atoms with van der Waals surface area (Å²) >= 11 is 1.41. The molecule has 1 saturated carbocycles. The molecule has 3 aliphatic rings. The molecule has 3 amide bonds. The largest absolute Gasteiger partial charge is 0.471 e. The van der Waals surface area contributed by atoms with Crippen LogP contribution in [0.25, 0.3) is 21.7 Å². The Morgan fingerprint density at radius 2 is 2.00 bits per heavy atom.